The summed E-state index contributed by atoms with van der Waals surface area (Å²) < 4.78 is 0. The molecule has 0 aromatic heterocycles. The van der Waals surface area contributed by atoms with E-state index in [1.807, 2.05) is 34.1 Å². The lowest BCUT2D eigenvalue weighted by atomic mass is 9.78. The predicted octanol–water partition coefficient (Wildman–Crippen LogP) is 3.13. The Kier molecular flexibility index (Phi) is 4.86. The highest BCUT2D eigenvalue weighted by Crippen LogP contribution is 2.40. The fourth-order valence-corrected chi connectivity index (χ4v) is 4.20. The van der Waals surface area contributed by atoms with Crippen LogP contribution in [-0.2, 0) is 16.0 Å². The molecule has 2 amide bonds. The smallest absolute Gasteiger partial charge is 0.230 e. The summed E-state index contributed by atoms with van der Waals surface area (Å²) in [6.45, 7) is 6.21. The van der Waals surface area contributed by atoms with E-state index in [9.17, 15) is 9.59 Å². The maximum atomic E-state index is 12.9. The second-order valence-electron chi connectivity index (χ2n) is 7.35. The second kappa shape index (κ2) is 6.75. The van der Waals surface area contributed by atoms with Crippen LogP contribution in [0.25, 0.3) is 0 Å². The van der Waals surface area contributed by atoms with Gasteiger partial charge < -0.3 is 9.80 Å². The van der Waals surface area contributed by atoms with Gasteiger partial charge in [0.05, 0.1) is 11.8 Å². The van der Waals surface area contributed by atoms with Crippen LogP contribution in [0, 0.1) is 5.41 Å². The van der Waals surface area contributed by atoms with Crippen LogP contribution in [0.4, 0.5) is 0 Å². The van der Waals surface area contributed by atoms with Crippen molar-refractivity contribution in [3.8, 4) is 0 Å². The van der Waals surface area contributed by atoms with E-state index in [0.29, 0.717) is 24.5 Å². The van der Waals surface area contributed by atoms with Crippen LogP contribution in [0.2, 0.25) is 5.02 Å². The van der Waals surface area contributed by atoms with Gasteiger partial charge in [0, 0.05) is 30.7 Å². The highest BCUT2D eigenvalue weighted by Gasteiger charge is 2.49. The molecule has 0 N–H and O–H groups in total. The van der Waals surface area contributed by atoms with Crippen LogP contribution in [0.1, 0.15) is 38.7 Å². The topological polar surface area (TPSA) is 40.6 Å². The average molecular weight is 349 g/mol. The van der Waals surface area contributed by atoms with Crippen molar-refractivity contribution < 1.29 is 9.59 Å². The van der Waals surface area contributed by atoms with Gasteiger partial charge in [-0.15, -0.1) is 0 Å². The minimum Gasteiger partial charge on any atom is -0.341 e. The SMILES string of the molecule is CC(C)N1CCC[C@@]2(CCN(C(=O)Cc3cccc(Cl)c3)C2)C1=O. The molecule has 1 aromatic carbocycles. The van der Waals surface area contributed by atoms with E-state index in [-0.39, 0.29) is 23.3 Å². The molecule has 0 saturated carbocycles. The summed E-state index contributed by atoms with van der Waals surface area (Å²) in [5.74, 6) is 0.324. The zero-order valence-corrected chi connectivity index (χ0v) is 15.2. The van der Waals surface area contributed by atoms with E-state index in [2.05, 4.69) is 13.8 Å². The number of likely N-dealkylation sites (tertiary alicyclic amines) is 2. The highest BCUT2D eigenvalue weighted by molar-refractivity contribution is 6.30. The molecule has 0 aliphatic carbocycles. The molecule has 2 fully saturated rings. The summed E-state index contributed by atoms with van der Waals surface area (Å²) in [6, 6.07) is 7.65. The number of amides is 2. The Morgan fingerprint density at radius 1 is 1.29 bits per heavy atom. The first-order valence-corrected chi connectivity index (χ1v) is 9.12. The predicted molar refractivity (Wildman–Crippen MR) is 94.9 cm³/mol. The molecule has 2 aliphatic rings. The number of rotatable bonds is 3. The average Bonchev–Trinajstić information content (AvgIpc) is 2.95. The van der Waals surface area contributed by atoms with Crippen molar-refractivity contribution in [1.82, 2.24) is 9.80 Å². The van der Waals surface area contributed by atoms with Gasteiger partial charge in [0.2, 0.25) is 11.8 Å². The molecule has 1 atom stereocenters. The van der Waals surface area contributed by atoms with Gasteiger partial charge in [-0.05, 0) is 50.8 Å². The maximum Gasteiger partial charge on any atom is 0.230 e. The first-order chi connectivity index (χ1) is 11.4. The number of nitrogens with zero attached hydrogens (tertiary/aromatic N) is 2. The van der Waals surface area contributed by atoms with Gasteiger partial charge in [0.1, 0.15) is 0 Å². The Balaban J connectivity index is 1.68. The largest absolute Gasteiger partial charge is 0.341 e. The van der Waals surface area contributed by atoms with Gasteiger partial charge in [0.15, 0.2) is 0 Å². The molecule has 0 radical (unpaired) electrons. The minimum atomic E-state index is -0.355. The zero-order valence-electron chi connectivity index (χ0n) is 14.4. The molecule has 24 heavy (non-hydrogen) atoms. The molecule has 4 nitrogen and oxygen atoms in total. The fraction of sp³-hybridized carbons (Fsp3) is 0.579. The van der Waals surface area contributed by atoms with Crippen LogP contribution in [0.3, 0.4) is 0 Å². The minimum absolute atomic E-state index is 0.0867. The third kappa shape index (κ3) is 3.30. The second-order valence-corrected chi connectivity index (χ2v) is 7.78. The molecule has 2 saturated heterocycles. The van der Waals surface area contributed by atoms with Gasteiger partial charge in [-0.1, -0.05) is 23.7 Å². The van der Waals surface area contributed by atoms with Crippen molar-refractivity contribution in [2.75, 3.05) is 19.6 Å². The van der Waals surface area contributed by atoms with Crippen LogP contribution in [0.15, 0.2) is 24.3 Å². The number of benzene rings is 1. The lowest BCUT2D eigenvalue weighted by molar-refractivity contribution is -0.148. The lowest BCUT2D eigenvalue weighted by Gasteiger charge is -2.41. The number of halogens is 1. The third-order valence-corrected chi connectivity index (χ3v) is 5.58. The molecule has 0 unspecified atom stereocenters. The maximum absolute atomic E-state index is 12.9. The van der Waals surface area contributed by atoms with E-state index in [0.717, 1.165) is 31.4 Å². The van der Waals surface area contributed by atoms with Crippen molar-refractivity contribution >= 4 is 23.4 Å². The molecule has 2 aliphatic heterocycles. The van der Waals surface area contributed by atoms with E-state index in [1.54, 1.807) is 0 Å². The Morgan fingerprint density at radius 2 is 2.08 bits per heavy atom. The summed E-state index contributed by atoms with van der Waals surface area (Å²) in [7, 11) is 0. The molecule has 1 spiro atoms. The molecule has 0 bridgehead atoms. The Labute approximate surface area is 148 Å². The monoisotopic (exact) mass is 348 g/mol. The number of hydrogen-bond acceptors (Lipinski definition) is 2. The van der Waals surface area contributed by atoms with Crippen molar-refractivity contribution in [2.45, 2.75) is 45.6 Å². The first-order valence-electron chi connectivity index (χ1n) is 8.75. The molecule has 130 valence electrons. The molecular formula is C19H25ClN2O2. The standard InChI is InChI=1S/C19H25ClN2O2/c1-14(2)22-9-4-7-19(18(22)24)8-10-21(13-19)17(23)12-15-5-3-6-16(20)11-15/h3,5-6,11,14H,4,7-10,12-13H2,1-2H3/t19-/m0/s1. The summed E-state index contributed by atoms with van der Waals surface area (Å²) in [5, 5.41) is 0.647. The molecule has 5 heteroatoms. The van der Waals surface area contributed by atoms with Crippen LogP contribution in [0.5, 0.6) is 0 Å². The third-order valence-electron chi connectivity index (χ3n) is 5.34. The normalized spacial score (nSPS) is 24.2. The Bertz CT molecular complexity index is 646. The quantitative estimate of drug-likeness (QED) is 0.842. The Hall–Kier alpha value is -1.55. The van der Waals surface area contributed by atoms with Gasteiger partial charge in [-0.25, -0.2) is 0 Å². The van der Waals surface area contributed by atoms with Gasteiger partial charge >= 0.3 is 0 Å². The van der Waals surface area contributed by atoms with Gasteiger partial charge in [-0.3, -0.25) is 9.59 Å². The fourth-order valence-electron chi connectivity index (χ4n) is 3.99. The lowest BCUT2D eigenvalue weighted by Crippen LogP contribution is -2.52. The van der Waals surface area contributed by atoms with E-state index < -0.39 is 0 Å². The summed E-state index contributed by atoms with van der Waals surface area (Å²) in [4.78, 5) is 29.4. The zero-order chi connectivity index (χ0) is 17.3. The first kappa shape index (κ1) is 17.3. The van der Waals surface area contributed by atoms with Gasteiger partial charge in [0.25, 0.3) is 0 Å². The number of carbonyl (C=O) groups is 2. The number of piperidine rings is 1. The van der Waals surface area contributed by atoms with Crippen LogP contribution < -0.4 is 0 Å². The summed E-state index contributed by atoms with van der Waals surface area (Å²) >= 11 is 5.99. The number of hydrogen-bond donors (Lipinski definition) is 0. The number of carbonyl (C=O) groups excluding carboxylic acids is 2. The van der Waals surface area contributed by atoms with Crippen LogP contribution in [-0.4, -0.2) is 47.3 Å². The summed E-state index contributed by atoms with van der Waals surface area (Å²) in [6.07, 6.45) is 3.06. The van der Waals surface area contributed by atoms with Crippen molar-refractivity contribution in [1.29, 1.82) is 0 Å². The summed E-state index contributed by atoms with van der Waals surface area (Å²) in [5.41, 5.74) is 0.569. The van der Waals surface area contributed by atoms with E-state index in [1.165, 1.54) is 0 Å². The van der Waals surface area contributed by atoms with Crippen molar-refractivity contribution in [2.24, 2.45) is 5.41 Å². The molecule has 2 heterocycles. The van der Waals surface area contributed by atoms with E-state index in [4.69, 9.17) is 11.6 Å². The Morgan fingerprint density at radius 3 is 2.79 bits per heavy atom. The van der Waals surface area contributed by atoms with Crippen molar-refractivity contribution in [3.63, 3.8) is 0 Å². The molecule has 3 rings (SSSR count). The highest BCUT2D eigenvalue weighted by atomic mass is 35.5. The van der Waals surface area contributed by atoms with Gasteiger partial charge in [-0.2, -0.15) is 0 Å². The molecule has 1 aromatic rings. The van der Waals surface area contributed by atoms with Crippen molar-refractivity contribution in [3.05, 3.63) is 34.9 Å². The molecular weight excluding hydrogens is 324 g/mol. The van der Waals surface area contributed by atoms with Crippen LogP contribution >= 0.6 is 11.6 Å². The van der Waals surface area contributed by atoms with E-state index >= 15 is 0 Å².